The van der Waals surface area contributed by atoms with Crippen molar-refractivity contribution in [3.63, 3.8) is 0 Å². The molecule has 0 spiro atoms. The monoisotopic (exact) mass is 503 g/mol. The van der Waals surface area contributed by atoms with Crippen LogP contribution in [0.25, 0.3) is 0 Å². The van der Waals surface area contributed by atoms with Crippen LogP contribution in [0.4, 0.5) is 23.2 Å². The van der Waals surface area contributed by atoms with E-state index in [-0.39, 0.29) is 37.4 Å². The van der Waals surface area contributed by atoms with Crippen molar-refractivity contribution >= 4 is 17.5 Å². The molecule has 1 amide bonds. The summed E-state index contributed by atoms with van der Waals surface area (Å²) in [7, 11) is 0. The predicted molar refractivity (Wildman–Crippen MR) is 121 cm³/mol. The number of carbonyl (C=O) groups excluding carboxylic acids is 1. The van der Waals surface area contributed by atoms with E-state index in [9.17, 15) is 22.4 Å². The summed E-state index contributed by atoms with van der Waals surface area (Å²) in [6.45, 7) is 2.58. The summed E-state index contributed by atoms with van der Waals surface area (Å²) >= 11 is 0. The zero-order valence-corrected chi connectivity index (χ0v) is 19.1. The highest BCUT2D eigenvalue weighted by molar-refractivity contribution is 5.95. The molecule has 0 radical (unpaired) electrons. The molecule has 36 heavy (non-hydrogen) atoms. The minimum absolute atomic E-state index is 0.0705. The van der Waals surface area contributed by atoms with Gasteiger partial charge in [0.1, 0.15) is 17.6 Å². The number of amides is 1. The van der Waals surface area contributed by atoms with Gasteiger partial charge in [0, 0.05) is 11.3 Å². The Morgan fingerprint density at radius 3 is 2.58 bits per heavy atom. The predicted octanol–water partition coefficient (Wildman–Crippen LogP) is 4.09. The van der Waals surface area contributed by atoms with E-state index in [2.05, 4.69) is 14.9 Å². The molecular formula is C24H21F4N5O3. The van der Waals surface area contributed by atoms with Gasteiger partial charge >= 0.3 is 6.36 Å². The number of nitrogens with zero attached hydrogens (tertiary/aromatic N) is 5. The van der Waals surface area contributed by atoms with Gasteiger partial charge in [-0.25, -0.2) is 9.40 Å². The van der Waals surface area contributed by atoms with Gasteiger partial charge in [0.25, 0.3) is 11.8 Å². The topological polar surface area (TPSA) is 72.2 Å². The van der Waals surface area contributed by atoms with E-state index in [1.807, 2.05) is 13.0 Å². The van der Waals surface area contributed by atoms with Crippen LogP contribution in [0.3, 0.4) is 0 Å². The van der Waals surface area contributed by atoms with Crippen molar-refractivity contribution in [3.8, 4) is 5.75 Å². The van der Waals surface area contributed by atoms with Crippen LogP contribution in [0.2, 0.25) is 0 Å². The summed E-state index contributed by atoms with van der Waals surface area (Å²) in [4.78, 5) is 14.0. The number of benzene rings is 2. The lowest BCUT2D eigenvalue weighted by atomic mass is 10.1. The van der Waals surface area contributed by atoms with Gasteiger partial charge in [-0.2, -0.15) is 5.10 Å². The van der Waals surface area contributed by atoms with Crippen LogP contribution in [-0.4, -0.2) is 58.8 Å². The molecule has 5 rings (SSSR count). The lowest BCUT2D eigenvalue weighted by Gasteiger charge is -2.34. The zero-order chi connectivity index (χ0) is 25.4. The molecule has 8 nitrogen and oxygen atoms in total. The first-order chi connectivity index (χ1) is 17.1. The van der Waals surface area contributed by atoms with Crippen LogP contribution in [-0.2, 0) is 11.3 Å². The molecule has 0 unspecified atom stereocenters. The highest BCUT2D eigenvalue weighted by atomic mass is 19.4. The third-order valence-corrected chi connectivity index (χ3v) is 5.73. The smallest absolute Gasteiger partial charge is 0.452 e. The SMILES string of the molecule is Cc1cc(C2=NN(c3ccc(OC(F)(F)F)cc3)CO2)nn1Cc1cccc(C(=O)N2CC(F)C2)c1. The Hall–Kier alpha value is -4.09. The number of alkyl halides is 4. The second kappa shape index (κ2) is 9.17. The van der Waals surface area contributed by atoms with E-state index in [0.717, 1.165) is 11.3 Å². The minimum atomic E-state index is -4.76. The Morgan fingerprint density at radius 1 is 1.14 bits per heavy atom. The van der Waals surface area contributed by atoms with E-state index in [1.54, 1.807) is 28.9 Å². The van der Waals surface area contributed by atoms with Gasteiger partial charge in [-0.1, -0.05) is 12.1 Å². The van der Waals surface area contributed by atoms with Gasteiger partial charge in [0.05, 0.1) is 25.3 Å². The van der Waals surface area contributed by atoms with Crippen LogP contribution >= 0.6 is 0 Å². The zero-order valence-electron chi connectivity index (χ0n) is 19.1. The molecule has 3 aromatic rings. The van der Waals surface area contributed by atoms with Gasteiger partial charge in [-0.3, -0.25) is 9.48 Å². The number of aryl methyl sites for hydroxylation is 1. The molecular weight excluding hydrogens is 482 g/mol. The fourth-order valence-corrected chi connectivity index (χ4v) is 3.89. The number of carbonyl (C=O) groups is 1. The Balaban J connectivity index is 1.27. The molecule has 3 heterocycles. The van der Waals surface area contributed by atoms with E-state index < -0.39 is 12.5 Å². The van der Waals surface area contributed by atoms with Crippen molar-refractivity contribution in [3.05, 3.63) is 77.1 Å². The molecule has 2 aromatic carbocycles. The maximum absolute atomic E-state index is 13.1. The molecule has 1 aromatic heterocycles. The Labute approximate surface area is 203 Å². The molecule has 2 aliphatic heterocycles. The first-order valence-electron chi connectivity index (χ1n) is 11.1. The lowest BCUT2D eigenvalue weighted by molar-refractivity contribution is -0.274. The number of hydrogen-bond acceptors (Lipinski definition) is 6. The molecule has 1 saturated heterocycles. The van der Waals surface area contributed by atoms with E-state index in [4.69, 9.17) is 4.74 Å². The van der Waals surface area contributed by atoms with Crippen molar-refractivity contribution in [2.75, 3.05) is 24.8 Å². The Bertz CT molecular complexity index is 1300. The van der Waals surface area contributed by atoms with E-state index in [0.29, 0.717) is 23.5 Å². The van der Waals surface area contributed by atoms with E-state index in [1.165, 1.54) is 34.2 Å². The molecule has 188 valence electrons. The minimum Gasteiger partial charge on any atom is -0.452 e. The summed E-state index contributed by atoms with van der Waals surface area (Å²) in [5.74, 6) is -0.252. The van der Waals surface area contributed by atoms with Crippen LogP contribution in [0.15, 0.2) is 59.7 Å². The second-order valence-corrected chi connectivity index (χ2v) is 8.46. The van der Waals surface area contributed by atoms with Gasteiger partial charge < -0.3 is 14.4 Å². The normalized spacial score (nSPS) is 16.0. The third kappa shape index (κ3) is 5.11. The van der Waals surface area contributed by atoms with Crippen LogP contribution in [0.5, 0.6) is 5.75 Å². The second-order valence-electron chi connectivity index (χ2n) is 8.46. The number of anilines is 1. The molecule has 1 fully saturated rings. The van der Waals surface area contributed by atoms with Crippen molar-refractivity contribution < 1.29 is 31.8 Å². The summed E-state index contributed by atoms with van der Waals surface area (Å²) in [5, 5.41) is 10.4. The molecule has 12 heteroatoms. The van der Waals surface area contributed by atoms with Crippen LogP contribution < -0.4 is 9.75 Å². The van der Waals surface area contributed by atoms with Crippen molar-refractivity contribution in [1.82, 2.24) is 14.7 Å². The highest BCUT2D eigenvalue weighted by Gasteiger charge is 2.32. The summed E-state index contributed by atoms with van der Waals surface area (Å²) in [6, 6.07) is 14.2. The van der Waals surface area contributed by atoms with Gasteiger partial charge in [-0.15, -0.1) is 18.3 Å². The molecule has 0 aliphatic carbocycles. The summed E-state index contributed by atoms with van der Waals surface area (Å²) in [5.41, 5.74) is 3.21. The standard InChI is InChI=1S/C24H21F4N5O3/c1-15-9-21(22-30-33(14-35-22)19-5-7-20(8-6-19)36-24(26,27)28)29-32(15)11-16-3-2-4-17(10-16)23(34)31-12-18(25)13-31/h2-10,18H,11-14H2,1H3. The number of ether oxygens (including phenoxy) is 2. The first kappa shape index (κ1) is 23.6. The van der Waals surface area contributed by atoms with E-state index >= 15 is 0 Å². The maximum Gasteiger partial charge on any atom is 0.573 e. The van der Waals surface area contributed by atoms with Crippen LogP contribution in [0.1, 0.15) is 27.3 Å². The van der Waals surface area contributed by atoms with Crippen molar-refractivity contribution in [1.29, 1.82) is 0 Å². The van der Waals surface area contributed by atoms with Crippen molar-refractivity contribution in [2.45, 2.75) is 26.0 Å². The number of rotatable bonds is 6. The quantitative estimate of drug-likeness (QED) is 0.474. The molecule has 0 bridgehead atoms. The lowest BCUT2D eigenvalue weighted by Crippen LogP contribution is -2.51. The largest absolute Gasteiger partial charge is 0.573 e. The third-order valence-electron chi connectivity index (χ3n) is 5.73. The van der Waals surface area contributed by atoms with Gasteiger partial charge in [0.15, 0.2) is 6.73 Å². The average Bonchev–Trinajstić information content (AvgIpc) is 3.43. The number of halogens is 4. The highest BCUT2D eigenvalue weighted by Crippen LogP contribution is 2.27. The Morgan fingerprint density at radius 2 is 1.89 bits per heavy atom. The first-order valence-corrected chi connectivity index (χ1v) is 11.1. The number of likely N-dealkylation sites (tertiary alicyclic amines) is 1. The van der Waals surface area contributed by atoms with Crippen LogP contribution in [0, 0.1) is 6.92 Å². The summed E-state index contributed by atoms with van der Waals surface area (Å²) in [6.07, 6.45) is -5.72. The van der Waals surface area contributed by atoms with Gasteiger partial charge in [0.2, 0.25) is 0 Å². The molecule has 2 aliphatic rings. The number of hydrogen-bond donors (Lipinski definition) is 0. The maximum atomic E-state index is 13.1. The number of hydrazone groups is 1. The fraction of sp³-hybridized carbons (Fsp3) is 0.292. The Kier molecular flexibility index (Phi) is 6.02. The van der Waals surface area contributed by atoms with Gasteiger partial charge in [-0.05, 0) is 55.0 Å². The summed E-state index contributed by atoms with van der Waals surface area (Å²) < 4.78 is 61.5. The fourth-order valence-electron chi connectivity index (χ4n) is 3.89. The number of aromatic nitrogens is 2. The molecule has 0 saturated carbocycles. The average molecular weight is 503 g/mol. The molecule has 0 N–H and O–H groups in total. The van der Waals surface area contributed by atoms with Crippen molar-refractivity contribution in [2.24, 2.45) is 5.10 Å². The molecule has 0 atom stereocenters.